The third kappa shape index (κ3) is 4.60. The van der Waals surface area contributed by atoms with E-state index in [0.29, 0.717) is 5.69 Å². The van der Waals surface area contributed by atoms with Crippen LogP contribution in [0.3, 0.4) is 0 Å². The number of nitrogens with one attached hydrogen (secondary N) is 2. The van der Waals surface area contributed by atoms with E-state index < -0.39 is 16.8 Å². The molecule has 0 saturated carbocycles. The number of carbonyl (C=O) groups excluding carboxylic acids is 1. The molecule has 1 aromatic carbocycles. The second-order valence-corrected chi connectivity index (χ2v) is 4.60. The number of hydrogen-bond donors (Lipinski definition) is 2. The molecule has 0 saturated heterocycles. The normalized spacial score (nSPS) is 11.3. The van der Waals surface area contributed by atoms with Crippen LogP contribution in [0, 0.1) is 21.4 Å². The average Bonchev–Trinajstić information content (AvgIpc) is 2.39. The van der Waals surface area contributed by atoms with Crippen molar-refractivity contribution in [3.05, 3.63) is 34.4 Å². The molecule has 0 bridgehead atoms. The van der Waals surface area contributed by atoms with Crippen molar-refractivity contribution in [1.82, 2.24) is 0 Å². The van der Waals surface area contributed by atoms with Crippen LogP contribution >= 0.6 is 12.2 Å². The molecule has 1 aromatic rings. The van der Waals surface area contributed by atoms with Crippen LogP contribution in [0.4, 0.5) is 11.4 Å². The molecule has 0 amide bonds. The van der Waals surface area contributed by atoms with Gasteiger partial charge in [0.15, 0.2) is 0 Å². The van der Waals surface area contributed by atoms with Crippen LogP contribution in [0.25, 0.3) is 0 Å². The molecular weight excluding hydrogens is 294 g/mol. The minimum atomic E-state index is -0.963. The van der Waals surface area contributed by atoms with Gasteiger partial charge >= 0.3 is 5.97 Å². The number of anilines is 1. The highest BCUT2D eigenvalue weighted by Crippen LogP contribution is 2.17. The van der Waals surface area contributed by atoms with Crippen LogP contribution in [0.2, 0.25) is 0 Å². The highest BCUT2D eigenvalue weighted by Gasteiger charge is 2.27. The number of ether oxygens (including phenoxy) is 1. The molecule has 0 aliphatic rings. The first-order valence-electron chi connectivity index (χ1n) is 6.13. The van der Waals surface area contributed by atoms with Gasteiger partial charge in [0.2, 0.25) is 0 Å². The van der Waals surface area contributed by atoms with Crippen molar-refractivity contribution < 1.29 is 14.5 Å². The molecule has 0 radical (unpaired) electrons. The summed E-state index contributed by atoms with van der Waals surface area (Å²) >= 11 is 5.12. The van der Waals surface area contributed by atoms with Gasteiger partial charge in [0.05, 0.1) is 16.5 Å². The number of thiocarbonyl (C=S) groups is 1. The number of nitro groups is 1. The summed E-state index contributed by atoms with van der Waals surface area (Å²) in [6.07, 6.45) is 0. The van der Waals surface area contributed by atoms with E-state index >= 15 is 0 Å². The second-order valence-electron chi connectivity index (χ2n) is 4.16. The molecule has 0 aliphatic carbocycles. The van der Waals surface area contributed by atoms with E-state index in [9.17, 15) is 14.9 Å². The van der Waals surface area contributed by atoms with Gasteiger partial charge in [-0.2, -0.15) is 0 Å². The summed E-state index contributed by atoms with van der Waals surface area (Å²) in [6.45, 7) is 3.33. The third-order valence-electron chi connectivity index (χ3n) is 2.56. The number of esters is 1. The van der Waals surface area contributed by atoms with Gasteiger partial charge in [-0.3, -0.25) is 14.9 Å². The van der Waals surface area contributed by atoms with E-state index in [1.54, 1.807) is 6.92 Å². The molecule has 2 N–H and O–H groups in total. The minimum Gasteiger partial charge on any atom is -0.465 e. The van der Waals surface area contributed by atoms with Gasteiger partial charge in [-0.05, 0) is 26.0 Å². The standard InChI is InChI=1S/C13H15N3O4S/c1-3-20-13(17)11(8(2)14)12(21)15-9-4-6-10(7-5-9)16(18)19/h4-7,11,14H,3H2,1-2H3,(H,15,21). The van der Waals surface area contributed by atoms with Crippen molar-refractivity contribution in [2.75, 3.05) is 11.9 Å². The van der Waals surface area contributed by atoms with E-state index in [1.807, 2.05) is 0 Å². The number of benzene rings is 1. The lowest BCUT2D eigenvalue weighted by molar-refractivity contribution is -0.384. The fourth-order valence-corrected chi connectivity index (χ4v) is 1.98. The topological polar surface area (TPSA) is 105 Å². The van der Waals surface area contributed by atoms with Crippen molar-refractivity contribution in [2.45, 2.75) is 13.8 Å². The van der Waals surface area contributed by atoms with Gasteiger partial charge in [-0.1, -0.05) is 12.2 Å². The number of nitro benzene ring substituents is 1. The molecule has 7 nitrogen and oxygen atoms in total. The number of non-ortho nitro benzene ring substituents is 1. The number of hydrogen-bond acceptors (Lipinski definition) is 6. The number of carbonyl (C=O) groups is 1. The molecule has 1 rings (SSSR count). The first-order valence-corrected chi connectivity index (χ1v) is 6.54. The predicted molar refractivity (Wildman–Crippen MR) is 82.8 cm³/mol. The van der Waals surface area contributed by atoms with Crippen molar-refractivity contribution in [1.29, 1.82) is 5.41 Å². The summed E-state index contributed by atoms with van der Waals surface area (Å²) in [5, 5.41) is 21.0. The maximum atomic E-state index is 11.8. The smallest absolute Gasteiger partial charge is 0.321 e. The minimum absolute atomic E-state index is 0.0448. The van der Waals surface area contributed by atoms with Crippen molar-refractivity contribution >= 4 is 40.3 Å². The van der Waals surface area contributed by atoms with Crippen molar-refractivity contribution in [2.24, 2.45) is 5.92 Å². The summed E-state index contributed by atoms with van der Waals surface area (Å²) in [5.41, 5.74) is 0.519. The Bertz CT molecular complexity index is 571. The molecule has 0 spiro atoms. The zero-order valence-electron chi connectivity index (χ0n) is 11.6. The van der Waals surface area contributed by atoms with Crippen molar-refractivity contribution in [3.63, 3.8) is 0 Å². The molecule has 0 aliphatic heterocycles. The lowest BCUT2D eigenvalue weighted by Crippen LogP contribution is -2.34. The maximum absolute atomic E-state index is 11.8. The van der Waals surface area contributed by atoms with Crippen LogP contribution < -0.4 is 5.32 Å². The molecule has 112 valence electrons. The lowest BCUT2D eigenvalue weighted by Gasteiger charge is -2.17. The zero-order valence-corrected chi connectivity index (χ0v) is 12.4. The van der Waals surface area contributed by atoms with E-state index in [4.69, 9.17) is 22.4 Å². The second kappa shape index (κ2) is 7.44. The number of nitrogens with zero attached hydrogens (tertiary/aromatic N) is 1. The molecule has 1 atom stereocenters. The van der Waals surface area contributed by atoms with Crippen LogP contribution in [0.5, 0.6) is 0 Å². The van der Waals surface area contributed by atoms with Gasteiger partial charge in [0, 0.05) is 23.5 Å². The fourth-order valence-electron chi connectivity index (χ4n) is 1.59. The van der Waals surface area contributed by atoms with E-state index in [1.165, 1.54) is 31.2 Å². The largest absolute Gasteiger partial charge is 0.465 e. The Labute approximate surface area is 127 Å². The zero-order chi connectivity index (χ0) is 16.0. The van der Waals surface area contributed by atoms with Crippen LogP contribution in [-0.4, -0.2) is 28.2 Å². The Kier molecular flexibility index (Phi) is 5.92. The summed E-state index contributed by atoms with van der Waals surface area (Å²) in [4.78, 5) is 22.0. The Hall–Kier alpha value is -2.35. The first kappa shape index (κ1) is 16.7. The van der Waals surface area contributed by atoms with Crippen LogP contribution in [-0.2, 0) is 9.53 Å². The summed E-state index contributed by atoms with van der Waals surface area (Å²) in [5.74, 6) is -1.56. The molecule has 8 heteroatoms. The Morgan fingerprint density at radius 1 is 1.48 bits per heavy atom. The van der Waals surface area contributed by atoms with Gasteiger partial charge < -0.3 is 15.5 Å². The Balaban J connectivity index is 2.84. The molecular formula is C13H15N3O4S. The molecule has 1 unspecified atom stereocenters. The van der Waals surface area contributed by atoms with E-state index in [-0.39, 0.29) is 23.0 Å². The molecule has 21 heavy (non-hydrogen) atoms. The first-order chi connectivity index (χ1) is 9.86. The Morgan fingerprint density at radius 2 is 2.05 bits per heavy atom. The SMILES string of the molecule is CCOC(=O)C(C(C)=N)C(=S)Nc1ccc([N+](=O)[O-])cc1. The summed E-state index contributed by atoms with van der Waals surface area (Å²) < 4.78 is 4.88. The van der Waals surface area contributed by atoms with Gasteiger partial charge in [0.25, 0.3) is 5.69 Å². The van der Waals surface area contributed by atoms with Gasteiger partial charge in [-0.15, -0.1) is 0 Å². The summed E-state index contributed by atoms with van der Waals surface area (Å²) in [6, 6.07) is 5.60. The fraction of sp³-hybridized carbons (Fsp3) is 0.308. The van der Waals surface area contributed by atoms with Crippen molar-refractivity contribution in [3.8, 4) is 0 Å². The van der Waals surface area contributed by atoms with E-state index in [2.05, 4.69) is 5.32 Å². The molecule has 0 heterocycles. The number of rotatable bonds is 6. The molecule has 0 aromatic heterocycles. The highest BCUT2D eigenvalue weighted by atomic mass is 32.1. The molecule has 0 fully saturated rings. The van der Waals surface area contributed by atoms with E-state index in [0.717, 1.165) is 0 Å². The quantitative estimate of drug-likeness (QED) is 0.275. The highest BCUT2D eigenvalue weighted by molar-refractivity contribution is 7.80. The predicted octanol–water partition coefficient (Wildman–Crippen LogP) is 2.55. The lowest BCUT2D eigenvalue weighted by atomic mass is 10.0. The maximum Gasteiger partial charge on any atom is 0.321 e. The Morgan fingerprint density at radius 3 is 2.48 bits per heavy atom. The van der Waals surface area contributed by atoms with Gasteiger partial charge in [-0.25, -0.2) is 0 Å². The van der Waals surface area contributed by atoms with Gasteiger partial charge in [0.1, 0.15) is 5.92 Å². The average molecular weight is 309 g/mol. The third-order valence-corrected chi connectivity index (χ3v) is 2.90. The van der Waals surface area contributed by atoms with Crippen LogP contribution in [0.1, 0.15) is 13.8 Å². The monoisotopic (exact) mass is 309 g/mol. The van der Waals surface area contributed by atoms with Crippen LogP contribution in [0.15, 0.2) is 24.3 Å². The summed E-state index contributed by atoms with van der Waals surface area (Å²) in [7, 11) is 0.